The molecule has 8 amide bonds. The number of phenolic OH excluding ortho intramolecular Hbond substituents is 1. The second-order valence-electron chi connectivity index (χ2n) is 19.0. The zero-order valence-corrected chi connectivity index (χ0v) is 45.2. The first kappa shape index (κ1) is 66.6. The maximum absolute atomic E-state index is 14.2. The Morgan fingerprint density at radius 1 is 0.564 bits per heavy atom. The van der Waals surface area contributed by atoms with E-state index in [2.05, 4.69) is 47.5 Å². The van der Waals surface area contributed by atoms with Crippen LogP contribution in [0, 0.1) is 11.8 Å². The molecule has 0 unspecified atom stereocenters. The molecule has 432 valence electrons. The highest BCUT2D eigenvalue weighted by molar-refractivity contribution is 7.98. The smallest absolute Gasteiger partial charge is 0.326 e. The average Bonchev–Trinajstić information content (AvgIpc) is 3.37. The number of benzene rings is 2. The Labute approximate surface area is 455 Å². The molecule has 0 radical (unpaired) electrons. The van der Waals surface area contributed by atoms with Gasteiger partial charge in [0.1, 0.15) is 54.1 Å². The Morgan fingerprint density at radius 2 is 1.03 bits per heavy atom. The van der Waals surface area contributed by atoms with Crippen LogP contribution in [0.2, 0.25) is 0 Å². The lowest BCUT2D eigenvalue weighted by atomic mass is 10.0. The van der Waals surface area contributed by atoms with Crippen molar-refractivity contribution in [3.05, 3.63) is 65.7 Å². The van der Waals surface area contributed by atoms with E-state index >= 15 is 0 Å². The molecule has 0 fully saturated rings. The molecular weight excluding hydrogens is 1040 g/mol. The van der Waals surface area contributed by atoms with Gasteiger partial charge in [0.2, 0.25) is 47.3 Å². The van der Waals surface area contributed by atoms with Crippen molar-refractivity contribution >= 4 is 76.9 Å². The van der Waals surface area contributed by atoms with E-state index in [1.807, 2.05) is 0 Å². The third kappa shape index (κ3) is 23.4. The molecule has 0 bridgehead atoms. The van der Waals surface area contributed by atoms with Crippen LogP contribution in [0.1, 0.15) is 71.4 Å². The molecule has 0 aromatic heterocycles. The first-order valence-electron chi connectivity index (χ1n) is 25.0. The van der Waals surface area contributed by atoms with Gasteiger partial charge in [-0.2, -0.15) is 11.8 Å². The summed E-state index contributed by atoms with van der Waals surface area (Å²) in [6.07, 6.45) is -0.999. The van der Waals surface area contributed by atoms with Crippen molar-refractivity contribution in [2.75, 3.05) is 25.2 Å². The Morgan fingerprint density at radius 3 is 1.56 bits per heavy atom. The first-order valence-corrected chi connectivity index (χ1v) is 26.4. The number of guanidine groups is 1. The van der Waals surface area contributed by atoms with Gasteiger partial charge >= 0.3 is 11.9 Å². The van der Waals surface area contributed by atoms with Gasteiger partial charge in [0, 0.05) is 13.0 Å². The number of nitrogens with two attached hydrogens (primary N) is 3. The van der Waals surface area contributed by atoms with E-state index in [0.29, 0.717) is 16.9 Å². The summed E-state index contributed by atoms with van der Waals surface area (Å²) in [5.74, 6) is -12.2. The van der Waals surface area contributed by atoms with Gasteiger partial charge in [0.25, 0.3) is 0 Å². The van der Waals surface area contributed by atoms with Gasteiger partial charge in [-0.3, -0.25) is 48.1 Å². The average molecular weight is 1120 g/mol. The van der Waals surface area contributed by atoms with E-state index in [9.17, 15) is 73.5 Å². The van der Waals surface area contributed by atoms with Gasteiger partial charge in [0.05, 0.1) is 25.2 Å². The SMILES string of the molecule is CSCC[C@H](NC(=O)[C@@H](N)Cc1ccc(O)cc1)C(=O)N[C@@H](Cc1ccccc1)C(=O)N[C@@H](CC(=O)O)C(=O)N[C@H](C(=O)N[C@H](C(=O)N[C@@H](CO)C(=O)N[C@@H](CCCN=C(N)N)C(=O)N[C@H](C(=O)O)C(C)C)[C@@H](C)O)C(C)C. The summed E-state index contributed by atoms with van der Waals surface area (Å²) >= 11 is 1.38. The van der Waals surface area contributed by atoms with Crippen molar-refractivity contribution in [3.8, 4) is 5.75 Å². The summed E-state index contributed by atoms with van der Waals surface area (Å²) in [6, 6.07) is 0.619. The van der Waals surface area contributed by atoms with Gasteiger partial charge in [-0.15, -0.1) is 0 Å². The minimum absolute atomic E-state index is 0.0108. The number of aliphatic hydroxyl groups excluding tert-OH is 2. The second-order valence-corrected chi connectivity index (χ2v) is 20.0. The topological polar surface area (TPSA) is 459 Å². The van der Waals surface area contributed by atoms with Crippen molar-refractivity contribution in [2.24, 2.45) is 34.0 Å². The Hall–Kier alpha value is -7.56. The number of rotatable bonds is 34. The summed E-state index contributed by atoms with van der Waals surface area (Å²) in [7, 11) is 0. The molecule has 0 heterocycles. The molecule has 10 atom stereocenters. The van der Waals surface area contributed by atoms with E-state index < -0.39 is 145 Å². The number of nitrogens with zero attached hydrogens (tertiary/aromatic N) is 1. The molecule has 0 aliphatic carbocycles. The van der Waals surface area contributed by atoms with Crippen molar-refractivity contribution in [2.45, 2.75) is 134 Å². The number of aliphatic imine (C=N–C) groups is 1. The maximum Gasteiger partial charge on any atom is 0.326 e. The number of nitrogens with one attached hydrogen (secondary N) is 8. The number of thioether (sulfide) groups is 1. The van der Waals surface area contributed by atoms with E-state index in [1.54, 1.807) is 62.6 Å². The van der Waals surface area contributed by atoms with Crippen LogP contribution in [0.4, 0.5) is 0 Å². The lowest BCUT2D eigenvalue weighted by Crippen LogP contribution is -2.63. The molecular formula is C50H76N12O15S. The fourth-order valence-electron chi connectivity index (χ4n) is 7.45. The Balaban J connectivity index is 2.34. The summed E-state index contributed by atoms with van der Waals surface area (Å²) < 4.78 is 0. The summed E-state index contributed by atoms with van der Waals surface area (Å²) in [5, 5.41) is 69.2. The van der Waals surface area contributed by atoms with Gasteiger partial charge in [-0.25, -0.2) is 4.79 Å². The lowest BCUT2D eigenvalue weighted by molar-refractivity contribution is -0.143. The number of carboxylic acids is 2. The highest BCUT2D eigenvalue weighted by Gasteiger charge is 2.37. The molecule has 2 aromatic rings. The minimum Gasteiger partial charge on any atom is -0.508 e. The highest BCUT2D eigenvalue weighted by atomic mass is 32.2. The Bertz CT molecular complexity index is 2380. The van der Waals surface area contributed by atoms with Crippen molar-refractivity contribution in [3.63, 3.8) is 0 Å². The third-order valence-corrected chi connectivity index (χ3v) is 12.5. The molecule has 0 saturated heterocycles. The molecule has 2 aromatic carbocycles. The zero-order valence-electron chi connectivity index (χ0n) is 44.4. The van der Waals surface area contributed by atoms with Crippen molar-refractivity contribution in [1.29, 1.82) is 0 Å². The number of hydrogen-bond donors (Lipinski definition) is 16. The van der Waals surface area contributed by atoms with Crippen LogP contribution in [-0.2, 0) is 60.8 Å². The quantitative estimate of drug-likeness (QED) is 0.0183. The van der Waals surface area contributed by atoms with Gasteiger partial charge in [-0.05, 0) is 79.7 Å². The van der Waals surface area contributed by atoms with Crippen LogP contribution in [0.3, 0.4) is 0 Å². The van der Waals surface area contributed by atoms with Crippen LogP contribution in [-0.4, -0.2) is 176 Å². The first-order chi connectivity index (χ1) is 36.7. The third-order valence-electron chi connectivity index (χ3n) is 11.8. The molecule has 2 rings (SSSR count). The number of hydrogen-bond acceptors (Lipinski definition) is 16. The standard InChI is InChI=1S/C50H76N12O15S/c1-25(2)38(47(74)62-40(27(5)64)48(75)59-36(24-63)46(73)56-32(13-10-19-54-50(52)53)43(70)61-39(26(3)4)49(76)77)60-45(72)35(23-37(66)67)58-44(71)34(22-28-11-8-7-9-12-28)57-42(69)33(18-20-78-6)55-41(68)31(51)21-29-14-16-30(65)17-15-29/h7-9,11-12,14-17,25-27,31-36,38-40,63-65H,10,13,18-24,51H2,1-6H3,(H,55,68)(H,56,73)(H,57,69)(H,58,71)(H,59,75)(H,60,72)(H,61,70)(H,62,74)(H,66,67)(H,76,77)(H4,52,53,54)/t27-,31+,32+,33+,34+,35+,36+,38+,39+,40+/m1/s1. The molecule has 0 spiro atoms. The molecule has 27 nitrogen and oxygen atoms in total. The number of carbonyl (C=O) groups is 10. The zero-order chi connectivity index (χ0) is 58.8. The summed E-state index contributed by atoms with van der Waals surface area (Å²) in [5.41, 5.74) is 18.1. The van der Waals surface area contributed by atoms with Crippen LogP contribution >= 0.6 is 11.8 Å². The summed E-state index contributed by atoms with van der Waals surface area (Å²) in [4.78, 5) is 138. The normalized spacial score (nSPS) is 15.0. The molecule has 28 heteroatoms. The number of carbonyl (C=O) groups excluding carboxylic acids is 8. The Kier molecular flexibility index (Phi) is 28.6. The lowest BCUT2D eigenvalue weighted by Gasteiger charge is -2.29. The predicted octanol–water partition coefficient (Wildman–Crippen LogP) is -3.57. The minimum atomic E-state index is -1.89. The van der Waals surface area contributed by atoms with Crippen LogP contribution in [0.5, 0.6) is 5.75 Å². The largest absolute Gasteiger partial charge is 0.508 e. The molecule has 0 aliphatic rings. The van der Waals surface area contributed by atoms with Gasteiger partial charge in [0.15, 0.2) is 5.96 Å². The highest BCUT2D eigenvalue weighted by Crippen LogP contribution is 2.13. The fraction of sp³-hybridized carbons (Fsp3) is 0.540. The van der Waals surface area contributed by atoms with Crippen LogP contribution in [0.25, 0.3) is 0 Å². The fourth-order valence-corrected chi connectivity index (χ4v) is 7.93. The molecule has 78 heavy (non-hydrogen) atoms. The van der Waals surface area contributed by atoms with E-state index in [0.717, 1.165) is 6.92 Å². The van der Waals surface area contributed by atoms with Gasteiger partial charge < -0.3 is 85.3 Å². The summed E-state index contributed by atoms with van der Waals surface area (Å²) in [6.45, 7) is 6.06. The van der Waals surface area contributed by atoms with Crippen molar-refractivity contribution < 1.29 is 73.5 Å². The van der Waals surface area contributed by atoms with Crippen LogP contribution < -0.4 is 59.7 Å². The number of aliphatic carboxylic acids is 2. The van der Waals surface area contributed by atoms with E-state index in [4.69, 9.17) is 17.2 Å². The van der Waals surface area contributed by atoms with E-state index in [-0.39, 0.29) is 50.4 Å². The number of carboxylic acid groups (broad SMARTS) is 2. The van der Waals surface area contributed by atoms with Crippen LogP contribution in [0.15, 0.2) is 59.6 Å². The second kappa shape index (κ2) is 33.6. The molecule has 0 aliphatic heterocycles. The van der Waals surface area contributed by atoms with Crippen molar-refractivity contribution in [1.82, 2.24) is 42.5 Å². The number of aromatic hydroxyl groups is 1. The predicted molar refractivity (Wildman–Crippen MR) is 287 cm³/mol. The number of phenols is 1. The molecule has 19 N–H and O–H groups in total. The monoisotopic (exact) mass is 1120 g/mol. The van der Waals surface area contributed by atoms with Gasteiger partial charge in [-0.1, -0.05) is 70.2 Å². The molecule has 0 saturated carbocycles. The number of aliphatic hydroxyl groups is 2. The maximum atomic E-state index is 14.2. The number of amides is 8. The van der Waals surface area contributed by atoms with E-state index in [1.165, 1.54) is 37.7 Å².